The van der Waals surface area contributed by atoms with Gasteiger partial charge in [-0.1, -0.05) is 12.1 Å². The number of anilines is 1. The largest absolute Gasteiger partial charge is 0.355 e. The number of thiazole rings is 1. The zero-order valence-electron chi connectivity index (χ0n) is 16.0. The smallest absolute Gasteiger partial charge is 0.174 e. The summed E-state index contributed by atoms with van der Waals surface area (Å²) in [5.74, 6) is 2.23. The monoisotopic (exact) mass is 390 g/mol. The van der Waals surface area contributed by atoms with Gasteiger partial charge in [0, 0.05) is 24.7 Å². The molecule has 0 amide bonds. The Bertz CT molecular complexity index is 1090. The van der Waals surface area contributed by atoms with Gasteiger partial charge in [-0.25, -0.2) is 14.6 Å². The Morgan fingerprint density at radius 2 is 1.79 bits per heavy atom. The van der Waals surface area contributed by atoms with Crippen LogP contribution >= 0.6 is 11.3 Å². The van der Waals surface area contributed by atoms with Crippen molar-refractivity contribution in [1.82, 2.24) is 24.7 Å². The first kappa shape index (κ1) is 17.3. The van der Waals surface area contributed by atoms with E-state index in [2.05, 4.69) is 45.3 Å². The van der Waals surface area contributed by atoms with Gasteiger partial charge in [0.05, 0.1) is 33.3 Å². The summed E-state index contributed by atoms with van der Waals surface area (Å²) in [5, 5.41) is 5.79. The molecule has 28 heavy (non-hydrogen) atoms. The Balaban J connectivity index is 1.33. The van der Waals surface area contributed by atoms with E-state index in [1.807, 2.05) is 36.1 Å². The molecule has 142 valence electrons. The van der Waals surface area contributed by atoms with Gasteiger partial charge < -0.3 is 4.90 Å². The summed E-state index contributed by atoms with van der Waals surface area (Å²) in [4.78, 5) is 16.4. The Morgan fingerprint density at radius 1 is 1.00 bits per heavy atom. The fourth-order valence-electron chi connectivity index (χ4n) is 3.88. The van der Waals surface area contributed by atoms with Crippen LogP contribution < -0.4 is 4.90 Å². The molecular formula is C21H22N6S. The maximum atomic E-state index is 4.86. The molecule has 0 bridgehead atoms. The highest BCUT2D eigenvalue weighted by Crippen LogP contribution is 2.34. The maximum absolute atomic E-state index is 4.86. The highest BCUT2D eigenvalue weighted by molar-refractivity contribution is 7.18. The zero-order chi connectivity index (χ0) is 19.1. The van der Waals surface area contributed by atoms with Crippen LogP contribution in [0.25, 0.3) is 16.0 Å². The van der Waals surface area contributed by atoms with Gasteiger partial charge in [-0.2, -0.15) is 5.10 Å². The van der Waals surface area contributed by atoms with Crippen molar-refractivity contribution in [2.24, 2.45) is 0 Å². The van der Waals surface area contributed by atoms with E-state index in [0.717, 1.165) is 54.5 Å². The molecule has 0 saturated carbocycles. The predicted molar refractivity (Wildman–Crippen MR) is 112 cm³/mol. The minimum atomic E-state index is 0.529. The van der Waals surface area contributed by atoms with E-state index < -0.39 is 0 Å². The molecule has 0 spiro atoms. The minimum Gasteiger partial charge on any atom is -0.355 e. The number of fused-ring (bicyclic) bond motifs is 1. The van der Waals surface area contributed by atoms with Crippen LogP contribution in [-0.2, 0) is 0 Å². The van der Waals surface area contributed by atoms with Crippen LogP contribution in [0.3, 0.4) is 0 Å². The second kappa shape index (κ2) is 6.98. The van der Waals surface area contributed by atoms with E-state index in [1.165, 1.54) is 9.71 Å². The topological polar surface area (TPSA) is 59.7 Å². The maximum Gasteiger partial charge on any atom is 0.174 e. The van der Waals surface area contributed by atoms with Crippen LogP contribution in [0.15, 0.2) is 42.7 Å². The third kappa shape index (κ3) is 3.16. The van der Waals surface area contributed by atoms with Crippen LogP contribution in [0.4, 0.5) is 5.82 Å². The Hall–Kier alpha value is -2.80. The molecule has 1 aliphatic rings. The van der Waals surface area contributed by atoms with Crippen molar-refractivity contribution >= 4 is 27.4 Å². The molecule has 1 saturated heterocycles. The molecule has 0 aliphatic carbocycles. The molecule has 1 aliphatic heterocycles. The van der Waals surface area contributed by atoms with Gasteiger partial charge in [0.2, 0.25) is 0 Å². The van der Waals surface area contributed by atoms with Gasteiger partial charge in [-0.3, -0.25) is 4.98 Å². The molecule has 1 fully saturated rings. The number of hydrogen-bond acceptors (Lipinski definition) is 6. The summed E-state index contributed by atoms with van der Waals surface area (Å²) in [6, 6.07) is 10.5. The van der Waals surface area contributed by atoms with Crippen molar-refractivity contribution in [3.05, 3.63) is 59.1 Å². The summed E-state index contributed by atoms with van der Waals surface area (Å²) in [7, 11) is 0. The number of rotatable bonds is 3. The van der Waals surface area contributed by atoms with Gasteiger partial charge in [-0.05, 0) is 44.9 Å². The predicted octanol–water partition coefficient (Wildman–Crippen LogP) is 4.27. The molecule has 0 N–H and O–H groups in total. The first-order valence-corrected chi connectivity index (χ1v) is 10.4. The Labute approximate surface area is 167 Å². The second-order valence-electron chi connectivity index (χ2n) is 7.36. The van der Waals surface area contributed by atoms with E-state index in [9.17, 15) is 0 Å². The van der Waals surface area contributed by atoms with Gasteiger partial charge in [0.1, 0.15) is 5.82 Å². The fourth-order valence-corrected chi connectivity index (χ4v) is 5.02. The lowest BCUT2D eigenvalue weighted by atomic mass is 9.97. The van der Waals surface area contributed by atoms with Gasteiger partial charge in [0.25, 0.3) is 0 Å². The van der Waals surface area contributed by atoms with Crippen LogP contribution in [0, 0.1) is 13.8 Å². The average molecular weight is 391 g/mol. The van der Waals surface area contributed by atoms with E-state index in [-0.39, 0.29) is 0 Å². The van der Waals surface area contributed by atoms with E-state index in [0.29, 0.717) is 5.92 Å². The lowest BCUT2D eigenvalue weighted by Gasteiger charge is -2.31. The van der Waals surface area contributed by atoms with Crippen LogP contribution in [0.1, 0.15) is 35.2 Å². The van der Waals surface area contributed by atoms with Gasteiger partial charge in [-0.15, -0.1) is 11.3 Å². The average Bonchev–Trinajstić information content (AvgIpc) is 3.31. The highest BCUT2D eigenvalue weighted by atomic mass is 32.1. The third-order valence-electron chi connectivity index (χ3n) is 5.31. The highest BCUT2D eigenvalue weighted by Gasteiger charge is 2.24. The van der Waals surface area contributed by atoms with E-state index in [4.69, 9.17) is 9.97 Å². The van der Waals surface area contributed by atoms with Gasteiger partial charge >= 0.3 is 0 Å². The molecule has 4 heterocycles. The van der Waals surface area contributed by atoms with Crippen molar-refractivity contribution in [3.8, 4) is 5.82 Å². The fraction of sp³-hybridized carbons (Fsp3) is 0.333. The number of benzene rings is 1. The van der Waals surface area contributed by atoms with E-state index in [1.54, 1.807) is 6.20 Å². The van der Waals surface area contributed by atoms with Crippen LogP contribution in [-0.4, -0.2) is 37.8 Å². The number of para-hydroxylation sites is 1. The van der Waals surface area contributed by atoms with Crippen molar-refractivity contribution < 1.29 is 0 Å². The zero-order valence-corrected chi connectivity index (χ0v) is 16.9. The standard InChI is InChI=1S/C21H22N6S/c1-14-11-15(2)27(25-14)20-13-22-12-19(24-20)26-9-7-16(8-10-26)21-23-17-5-3-4-6-18(17)28-21/h3-6,11-13,16H,7-10H2,1-2H3. The normalized spacial score (nSPS) is 15.4. The molecule has 3 aromatic heterocycles. The Kier molecular flexibility index (Phi) is 4.31. The molecule has 0 radical (unpaired) electrons. The molecule has 4 aromatic rings. The molecule has 1 aromatic carbocycles. The third-order valence-corrected chi connectivity index (χ3v) is 6.51. The first-order valence-electron chi connectivity index (χ1n) is 9.63. The summed E-state index contributed by atoms with van der Waals surface area (Å²) in [5.41, 5.74) is 3.17. The summed E-state index contributed by atoms with van der Waals surface area (Å²) < 4.78 is 3.14. The lowest BCUT2D eigenvalue weighted by molar-refractivity contribution is 0.501. The SMILES string of the molecule is Cc1cc(C)n(-c2cncc(N3CCC(c4nc5ccccc5s4)CC3)n2)n1. The summed E-state index contributed by atoms with van der Waals surface area (Å²) in [6.45, 7) is 5.97. The van der Waals surface area contributed by atoms with Crippen molar-refractivity contribution in [2.45, 2.75) is 32.6 Å². The minimum absolute atomic E-state index is 0.529. The van der Waals surface area contributed by atoms with Crippen molar-refractivity contribution in [1.29, 1.82) is 0 Å². The number of hydrogen-bond donors (Lipinski definition) is 0. The van der Waals surface area contributed by atoms with Crippen LogP contribution in [0.2, 0.25) is 0 Å². The number of nitrogens with zero attached hydrogens (tertiary/aromatic N) is 6. The Morgan fingerprint density at radius 3 is 2.54 bits per heavy atom. The van der Waals surface area contributed by atoms with E-state index >= 15 is 0 Å². The molecule has 6 nitrogen and oxygen atoms in total. The quantitative estimate of drug-likeness (QED) is 0.523. The summed E-state index contributed by atoms with van der Waals surface area (Å²) in [6.07, 6.45) is 5.81. The summed E-state index contributed by atoms with van der Waals surface area (Å²) >= 11 is 1.84. The number of aryl methyl sites for hydroxylation is 2. The second-order valence-corrected chi connectivity index (χ2v) is 8.42. The van der Waals surface area contributed by atoms with Gasteiger partial charge in [0.15, 0.2) is 5.82 Å². The van der Waals surface area contributed by atoms with Crippen molar-refractivity contribution in [2.75, 3.05) is 18.0 Å². The van der Waals surface area contributed by atoms with Crippen LogP contribution in [0.5, 0.6) is 0 Å². The lowest BCUT2D eigenvalue weighted by Crippen LogP contribution is -2.33. The number of aromatic nitrogens is 5. The molecule has 0 unspecified atom stereocenters. The number of piperidine rings is 1. The molecular weight excluding hydrogens is 368 g/mol. The molecule has 0 atom stereocenters. The molecule has 5 rings (SSSR count). The van der Waals surface area contributed by atoms with Crippen molar-refractivity contribution in [3.63, 3.8) is 0 Å². The first-order chi connectivity index (χ1) is 13.7. The molecule has 7 heteroatoms.